The van der Waals surface area contributed by atoms with Gasteiger partial charge < -0.3 is 9.57 Å². The summed E-state index contributed by atoms with van der Waals surface area (Å²) in [4.78, 5) is 17.4. The molecule has 2 aromatic carbocycles. The molecular weight excluding hydrogens is 390 g/mol. The van der Waals surface area contributed by atoms with Crippen molar-refractivity contribution in [2.24, 2.45) is 5.16 Å². The van der Waals surface area contributed by atoms with Gasteiger partial charge in [0.05, 0.1) is 28.3 Å². The zero-order chi connectivity index (χ0) is 19.6. The Balaban J connectivity index is 1.96. The Morgan fingerprint density at radius 1 is 1.26 bits per heavy atom. The fraction of sp³-hybridized carbons (Fsp3) is 0.263. The number of ether oxygens (including phenoxy) is 1. The number of hydrogen-bond donors (Lipinski definition) is 0. The molecule has 0 radical (unpaired) electrons. The quantitative estimate of drug-likeness (QED) is 0.710. The van der Waals surface area contributed by atoms with E-state index < -0.39 is 15.8 Å². The highest BCUT2D eigenvalue weighted by Gasteiger charge is 2.30. The lowest BCUT2D eigenvalue weighted by atomic mass is 9.99. The SMILES string of the molecule is COC(=O)c1ccc(S(C)(=O)=O)c(C2=NOC(Cc3ccccc3)C2)c1Cl. The van der Waals surface area contributed by atoms with Crippen LogP contribution >= 0.6 is 11.6 Å². The molecule has 0 N–H and O–H groups in total. The van der Waals surface area contributed by atoms with E-state index in [0.29, 0.717) is 18.6 Å². The monoisotopic (exact) mass is 407 g/mol. The maximum absolute atomic E-state index is 12.2. The summed E-state index contributed by atoms with van der Waals surface area (Å²) < 4.78 is 29.1. The molecule has 0 spiro atoms. The van der Waals surface area contributed by atoms with Crippen LogP contribution in [0.2, 0.25) is 5.02 Å². The molecule has 1 aliphatic rings. The Kier molecular flexibility index (Phi) is 5.53. The third-order valence-electron chi connectivity index (χ3n) is 4.24. The van der Waals surface area contributed by atoms with Crippen molar-refractivity contribution < 1.29 is 22.8 Å². The van der Waals surface area contributed by atoms with Gasteiger partial charge in [-0.3, -0.25) is 0 Å². The summed E-state index contributed by atoms with van der Waals surface area (Å²) in [7, 11) is -2.36. The smallest absolute Gasteiger partial charge is 0.339 e. The normalized spacial score (nSPS) is 16.6. The summed E-state index contributed by atoms with van der Waals surface area (Å²) in [6, 6.07) is 12.4. The minimum Gasteiger partial charge on any atom is -0.465 e. The molecule has 0 aliphatic carbocycles. The molecule has 0 saturated heterocycles. The topological polar surface area (TPSA) is 82.0 Å². The Hall–Kier alpha value is -2.38. The average Bonchev–Trinajstić information content (AvgIpc) is 3.08. The number of sulfone groups is 1. The number of rotatable bonds is 5. The summed E-state index contributed by atoms with van der Waals surface area (Å²) in [6.45, 7) is 0. The Morgan fingerprint density at radius 3 is 2.59 bits per heavy atom. The first-order valence-electron chi connectivity index (χ1n) is 8.19. The van der Waals surface area contributed by atoms with Crippen LogP contribution in [-0.4, -0.2) is 39.6 Å². The van der Waals surface area contributed by atoms with Gasteiger partial charge in [0, 0.05) is 24.7 Å². The molecule has 0 fully saturated rings. The lowest BCUT2D eigenvalue weighted by molar-refractivity contribution is 0.0600. The largest absolute Gasteiger partial charge is 0.465 e. The summed E-state index contributed by atoms with van der Waals surface area (Å²) >= 11 is 6.38. The van der Waals surface area contributed by atoms with E-state index in [1.165, 1.54) is 19.2 Å². The predicted octanol–water partition coefficient (Wildman–Crippen LogP) is 3.27. The van der Waals surface area contributed by atoms with Crippen molar-refractivity contribution in [3.05, 3.63) is 64.2 Å². The molecular formula is C19H18ClNO5S. The Bertz CT molecular complexity index is 1000. The maximum atomic E-state index is 12.2. The number of carbonyl (C=O) groups excluding carboxylic acids is 1. The number of oxime groups is 1. The lowest BCUT2D eigenvalue weighted by Crippen LogP contribution is -2.16. The summed E-state index contributed by atoms with van der Waals surface area (Å²) in [5.74, 6) is -0.651. The Morgan fingerprint density at radius 2 is 1.96 bits per heavy atom. The van der Waals surface area contributed by atoms with Gasteiger partial charge >= 0.3 is 5.97 Å². The van der Waals surface area contributed by atoms with Crippen molar-refractivity contribution in [3.8, 4) is 0 Å². The minimum atomic E-state index is -3.59. The second kappa shape index (κ2) is 7.70. The van der Waals surface area contributed by atoms with Gasteiger partial charge in [-0.2, -0.15) is 0 Å². The molecule has 1 atom stereocenters. The third kappa shape index (κ3) is 4.14. The Labute approximate surface area is 162 Å². The molecule has 0 aromatic heterocycles. The number of esters is 1. The molecule has 1 aliphatic heterocycles. The van der Waals surface area contributed by atoms with E-state index in [1.54, 1.807) is 0 Å². The molecule has 2 aromatic rings. The minimum absolute atomic E-state index is 0.00265. The number of benzene rings is 2. The molecule has 1 heterocycles. The van der Waals surface area contributed by atoms with E-state index in [4.69, 9.17) is 21.2 Å². The van der Waals surface area contributed by atoms with Crippen LogP contribution in [0.15, 0.2) is 52.5 Å². The van der Waals surface area contributed by atoms with Crippen molar-refractivity contribution in [2.45, 2.75) is 23.8 Å². The van der Waals surface area contributed by atoms with E-state index in [2.05, 4.69) is 5.16 Å². The second-order valence-corrected chi connectivity index (χ2v) is 8.59. The van der Waals surface area contributed by atoms with Crippen LogP contribution in [0, 0.1) is 0 Å². The van der Waals surface area contributed by atoms with Gasteiger partial charge in [-0.25, -0.2) is 13.2 Å². The standard InChI is InChI=1S/C19H18ClNO5S/c1-25-19(22)14-8-9-16(27(2,23)24)17(18(14)20)15-11-13(26-21-15)10-12-6-4-3-5-7-12/h3-9,13H,10-11H2,1-2H3. The van der Waals surface area contributed by atoms with E-state index >= 15 is 0 Å². The highest BCUT2D eigenvalue weighted by atomic mass is 35.5. The summed E-state index contributed by atoms with van der Waals surface area (Å²) in [5.41, 5.74) is 1.75. The predicted molar refractivity (Wildman–Crippen MR) is 102 cm³/mol. The molecule has 1 unspecified atom stereocenters. The summed E-state index contributed by atoms with van der Waals surface area (Å²) in [5, 5.41) is 4.05. The van der Waals surface area contributed by atoms with Crippen molar-refractivity contribution in [2.75, 3.05) is 13.4 Å². The lowest BCUT2D eigenvalue weighted by Gasteiger charge is -2.13. The first-order chi connectivity index (χ1) is 12.8. The summed E-state index contributed by atoms with van der Waals surface area (Å²) in [6.07, 6.45) is 1.84. The number of methoxy groups -OCH3 is 1. The molecule has 142 valence electrons. The van der Waals surface area contributed by atoms with Gasteiger partial charge in [0.25, 0.3) is 0 Å². The molecule has 27 heavy (non-hydrogen) atoms. The maximum Gasteiger partial charge on any atom is 0.339 e. The van der Waals surface area contributed by atoms with Gasteiger partial charge in [-0.15, -0.1) is 0 Å². The fourth-order valence-electron chi connectivity index (χ4n) is 2.97. The van der Waals surface area contributed by atoms with Crippen LogP contribution in [0.4, 0.5) is 0 Å². The van der Waals surface area contributed by atoms with Crippen molar-refractivity contribution in [1.29, 1.82) is 0 Å². The molecule has 0 bridgehead atoms. The van der Waals surface area contributed by atoms with Crippen molar-refractivity contribution in [1.82, 2.24) is 0 Å². The molecule has 3 rings (SSSR count). The van der Waals surface area contributed by atoms with Crippen LogP contribution in [0.3, 0.4) is 0 Å². The third-order valence-corrected chi connectivity index (χ3v) is 5.77. The highest BCUT2D eigenvalue weighted by molar-refractivity contribution is 7.90. The zero-order valence-electron chi connectivity index (χ0n) is 14.8. The van der Waals surface area contributed by atoms with Crippen LogP contribution in [0.5, 0.6) is 0 Å². The van der Waals surface area contributed by atoms with Crippen LogP contribution in [0.1, 0.15) is 27.9 Å². The number of carbonyl (C=O) groups is 1. The van der Waals surface area contributed by atoms with Crippen LogP contribution in [0.25, 0.3) is 0 Å². The van der Waals surface area contributed by atoms with Gasteiger partial charge in [-0.1, -0.05) is 47.1 Å². The van der Waals surface area contributed by atoms with E-state index in [0.717, 1.165) is 11.8 Å². The molecule has 8 heteroatoms. The zero-order valence-corrected chi connectivity index (χ0v) is 16.4. The average molecular weight is 408 g/mol. The molecule has 0 amide bonds. The number of nitrogens with zero attached hydrogens (tertiary/aromatic N) is 1. The van der Waals surface area contributed by atoms with Gasteiger partial charge in [0.1, 0.15) is 6.10 Å². The number of hydrogen-bond acceptors (Lipinski definition) is 6. The first-order valence-corrected chi connectivity index (χ1v) is 10.5. The molecule has 0 saturated carbocycles. The number of halogens is 1. The van der Waals surface area contributed by atoms with Gasteiger partial charge in [0.15, 0.2) is 9.84 Å². The van der Waals surface area contributed by atoms with Gasteiger partial charge in [-0.05, 0) is 17.7 Å². The van der Waals surface area contributed by atoms with Crippen molar-refractivity contribution >= 4 is 33.1 Å². The second-order valence-electron chi connectivity index (χ2n) is 6.22. The highest BCUT2D eigenvalue weighted by Crippen LogP contribution is 2.32. The van der Waals surface area contributed by atoms with E-state index in [9.17, 15) is 13.2 Å². The van der Waals surface area contributed by atoms with Crippen LogP contribution < -0.4 is 0 Å². The van der Waals surface area contributed by atoms with E-state index in [-0.39, 0.29) is 27.1 Å². The van der Waals surface area contributed by atoms with Crippen LogP contribution in [-0.2, 0) is 25.8 Å². The first kappa shape index (κ1) is 19.4. The van der Waals surface area contributed by atoms with E-state index in [1.807, 2.05) is 30.3 Å². The van der Waals surface area contributed by atoms with Crippen molar-refractivity contribution in [3.63, 3.8) is 0 Å². The fourth-order valence-corrected chi connectivity index (χ4v) is 4.28. The molecule has 6 nitrogen and oxygen atoms in total. The van der Waals surface area contributed by atoms with Gasteiger partial charge in [0.2, 0.25) is 0 Å².